The van der Waals surface area contributed by atoms with Crippen molar-refractivity contribution in [2.45, 2.75) is 6.92 Å². The number of amides is 2. The molecule has 0 heterocycles. The summed E-state index contributed by atoms with van der Waals surface area (Å²) in [5, 5.41) is 14.9. The highest BCUT2D eigenvalue weighted by atomic mass is 35.5. The minimum absolute atomic E-state index is 0.0258. The first kappa shape index (κ1) is 21.8. The zero-order valence-corrected chi connectivity index (χ0v) is 17.3. The maximum atomic E-state index is 12.9. The topological polar surface area (TPSA) is 95.5 Å². The van der Waals surface area contributed by atoms with E-state index >= 15 is 0 Å². The van der Waals surface area contributed by atoms with Crippen LogP contribution in [0.15, 0.2) is 78.5 Å². The van der Waals surface area contributed by atoms with Gasteiger partial charge in [0.05, 0.1) is 5.56 Å². The number of anilines is 1. The minimum atomic E-state index is -1.06. The average Bonchev–Trinajstić information content (AvgIpc) is 2.75. The number of carbonyl (C=O) groups excluding carboxylic acids is 2. The van der Waals surface area contributed by atoms with Crippen LogP contribution in [-0.4, -0.2) is 22.9 Å². The van der Waals surface area contributed by atoms with E-state index in [0.717, 1.165) is 5.56 Å². The first-order valence-electron chi connectivity index (χ1n) is 9.32. The van der Waals surface area contributed by atoms with Crippen molar-refractivity contribution in [2.24, 2.45) is 0 Å². The van der Waals surface area contributed by atoms with E-state index in [4.69, 9.17) is 16.7 Å². The maximum absolute atomic E-state index is 12.9. The number of carboxylic acids is 1. The van der Waals surface area contributed by atoms with Crippen LogP contribution < -0.4 is 10.6 Å². The van der Waals surface area contributed by atoms with Crippen molar-refractivity contribution in [1.29, 1.82) is 0 Å². The molecule has 0 spiro atoms. The first-order valence-corrected chi connectivity index (χ1v) is 9.70. The summed E-state index contributed by atoms with van der Waals surface area (Å²) >= 11 is 5.92. The monoisotopic (exact) mass is 434 g/mol. The lowest BCUT2D eigenvalue weighted by atomic mass is 10.1. The summed E-state index contributed by atoms with van der Waals surface area (Å²) in [6.45, 7) is 1.81. The zero-order chi connectivity index (χ0) is 22.4. The Bertz CT molecular complexity index is 1150. The Morgan fingerprint density at radius 1 is 0.903 bits per heavy atom. The summed E-state index contributed by atoms with van der Waals surface area (Å²) in [5.74, 6) is -2.04. The predicted molar refractivity (Wildman–Crippen MR) is 120 cm³/mol. The standard InChI is InChI=1S/C24H19ClN2O4/c1-15-4-2-3-5-20(15)22(28)27-21(14-16-6-10-18(25)11-7-16)23(29)26-19-12-8-17(9-13-19)24(30)31/h2-14H,1H3,(H,26,29)(H,27,28)(H,30,31)/b21-14+. The van der Waals surface area contributed by atoms with Crippen LogP contribution in [-0.2, 0) is 4.79 Å². The van der Waals surface area contributed by atoms with Crippen molar-refractivity contribution in [3.05, 3.63) is 106 Å². The molecule has 31 heavy (non-hydrogen) atoms. The molecule has 3 rings (SSSR count). The molecule has 0 aliphatic carbocycles. The lowest BCUT2D eigenvalue weighted by Gasteiger charge is -2.12. The van der Waals surface area contributed by atoms with Crippen molar-refractivity contribution in [3.63, 3.8) is 0 Å². The van der Waals surface area contributed by atoms with E-state index in [0.29, 0.717) is 21.8 Å². The number of halogens is 1. The molecule has 0 aliphatic rings. The number of benzene rings is 3. The molecule has 0 aliphatic heterocycles. The molecule has 0 fully saturated rings. The highest BCUT2D eigenvalue weighted by Crippen LogP contribution is 2.15. The van der Waals surface area contributed by atoms with Crippen molar-refractivity contribution >= 4 is 41.1 Å². The van der Waals surface area contributed by atoms with Crippen LogP contribution in [0.5, 0.6) is 0 Å². The van der Waals surface area contributed by atoms with E-state index in [-0.39, 0.29) is 11.3 Å². The number of rotatable bonds is 6. The van der Waals surface area contributed by atoms with Gasteiger partial charge >= 0.3 is 5.97 Å². The second-order valence-electron chi connectivity index (χ2n) is 6.72. The SMILES string of the molecule is Cc1ccccc1C(=O)N/C(=C/c1ccc(Cl)cc1)C(=O)Nc1ccc(C(=O)O)cc1. The molecule has 0 aromatic heterocycles. The summed E-state index contributed by atoms with van der Waals surface area (Å²) < 4.78 is 0. The van der Waals surface area contributed by atoms with E-state index in [1.165, 1.54) is 30.3 Å². The second-order valence-corrected chi connectivity index (χ2v) is 7.15. The molecule has 7 heteroatoms. The minimum Gasteiger partial charge on any atom is -0.478 e. The molecule has 0 bridgehead atoms. The average molecular weight is 435 g/mol. The fraction of sp³-hybridized carbons (Fsp3) is 0.0417. The van der Waals surface area contributed by atoms with Gasteiger partial charge in [-0.3, -0.25) is 9.59 Å². The predicted octanol–water partition coefficient (Wildman–Crippen LogP) is 4.76. The summed E-state index contributed by atoms with van der Waals surface area (Å²) in [7, 11) is 0. The highest BCUT2D eigenvalue weighted by Gasteiger charge is 2.16. The molecule has 2 amide bonds. The van der Waals surface area contributed by atoms with E-state index in [1.54, 1.807) is 36.4 Å². The largest absolute Gasteiger partial charge is 0.478 e. The van der Waals surface area contributed by atoms with Crippen LogP contribution in [0.1, 0.15) is 31.8 Å². The van der Waals surface area contributed by atoms with Gasteiger partial charge in [0.25, 0.3) is 11.8 Å². The Kier molecular flexibility index (Phi) is 6.85. The molecule has 0 unspecified atom stereocenters. The van der Waals surface area contributed by atoms with E-state index in [2.05, 4.69) is 10.6 Å². The molecule has 6 nitrogen and oxygen atoms in total. The number of hydrogen-bond acceptors (Lipinski definition) is 3. The van der Waals surface area contributed by atoms with Gasteiger partial charge in [-0.05, 0) is 66.6 Å². The molecule has 0 saturated heterocycles. The Morgan fingerprint density at radius 2 is 1.55 bits per heavy atom. The van der Waals surface area contributed by atoms with Gasteiger partial charge in [0.2, 0.25) is 0 Å². The zero-order valence-electron chi connectivity index (χ0n) is 16.6. The van der Waals surface area contributed by atoms with Crippen LogP contribution in [0.4, 0.5) is 5.69 Å². The number of carbonyl (C=O) groups is 3. The lowest BCUT2D eigenvalue weighted by molar-refractivity contribution is -0.113. The molecule has 0 radical (unpaired) electrons. The fourth-order valence-electron chi connectivity index (χ4n) is 2.80. The van der Waals surface area contributed by atoms with E-state index in [1.807, 2.05) is 19.1 Å². The Morgan fingerprint density at radius 3 is 2.16 bits per heavy atom. The summed E-state index contributed by atoms with van der Waals surface area (Å²) in [6, 6.07) is 19.6. The van der Waals surface area contributed by atoms with Crippen molar-refractivity contribution in [2.75, 3.05) is 5.32 Å². The molecule has 0 atom stereocenters. The third-order valence-electron chi connectivity index (χ3n) is 4.45. The number of nitrogens with one attached hydrogen (secondary N) is 2. The van der Waals surface area contributed by atoms with Crippen molar-refractivity contribution < 1.29 is 19.5 Å². The van der Waals surface area contributed by atoms with Gasteiger partial charge in [-0.15, -0.1) is 0 Å². The van der Waals surface area contributed by atoms with Crippen LogP contribution in [0.25, 0.3) is 6.08 Å². The van der Waals surface area contributed by atoms with Crippen LogP contribution in [0, 0.1) is 6.92 Å². The van der Waals surface area contributed by atoms with E-state index < -0.39 is 17.8 Å². The fourth-order valence-corrected chi connectivity index (χ4v) is 2.92. The Labute approximate surface area is 184 Å². The van der Waals surface area contributed by atoms with Crippen LogP contribution >= 0.6 is 11.6 Å². The number of aromatic carboxylic acids is 1. The summed E-state index contributed by atoms with van der Waals surface area (Å²) in [5.41, 5.74) is 2.40. The van der Waals surface area contributed by atoms with Gasteiger partial charge in [0.15, 0.2) is 0 Å². The van der Waals surface area contributed by atoms with Gasteiger partial charge in [0.1, 0.15) is 5.70 Å². The Balaban J connectivity index is 1.88. The maximum Gasteiger partial charge on any atom is 0.335 e. The normalized spacial score (nSPS) is 11.0. The third kappa shape index (κ3) is 5.81. The molecular weight excluding hydrogens is 416 g/mol. The first-order chi connectivity index (χ1) is 14.8. The number of aryl methyl sites for hydroxylation is 1. The van der Waals surface area contributed by atoms with Gasteiger partial charge in [-0.2, -0.15) is 0 Å². The van der Waals surface area contributed by atoms with Crippen molar-refractivity contribution in [1.82, 2.24) is 5.32 Å². The van der Waals surface area contributed by atoms with E-state index in [9.17, 15) is 14.4 Å². The molecule has 156 valence electrons. The van der Waals surface area contributed by atoms with Gasteiger partial charge < -0.3 is 15.7 Å². The quantitative estimate of drug-likeness (QED) is 0.487. The smallest absolute Gasteiger partial charge is 0.335 e. The van der Waals surface area contributed by atoms with Crippen LogP contribution in [0.2, 0.25) is 5.02 Å². The molecule has 3 aromatic rings. The van der Waals surface area contributed by atoms with Crippen LogP contribution in [0.3, 0.4) is 0 Å². The summed E-state index contributed by atoms with van der Waals surface area (Å²) in [4.78, 5) is 36.7. The van der Waals surface area contributed by atoms with Gasteiger partial charge in [0, 0.05) is 16.3 Å². The highest BCUT2D eigenvalue weighted by molar-refractivity contribution is 6.30. The van der Waals surface area contributed by atoms with Crippen molar-refractivity contribution in [3.8, 4) is 0 Å². The van der Waals surface area contributed by atoms with Gasteiger partial charge in [-0.25, -0.2) is 4.79 Å². The lowest BCUT2D eigenvalue weighted by Crippen LogP contribution is -2.31. The Hall–Kier alpha value is -3.90. The second kappa shape index (κ2) is 9.73. The molecule has 3 N–H and O–H groups in total. The van der Waals surface area contributed by atoms with Gasteiger partial charge in [-0.1, -0.05) is 41.9 Å². The molecular formula is C24H19ClN2O4. The molecule has 0 saturated carbocycles. The number of carboxylic acid groups (broad SMARTS) is 1. The summed E-state index contributed by atoms with van der Waals surface area (Å²) in [6.07, 6.45) is 1.54. The number of hydrogen-bond donors (Lipinski definition) is 3. The third-order valence-corrected chi connectivity index (χ3v) is 4.71. The molecule has 3 aromatic carbocycles.